The van der Waals surface area contributed by atoms with Gasteiger partial charge < -0.3 is 19.4 Å². The van der Waals surface area contributed by atoms with Crippen molar-refractivity contribution >= 4 is 11.9 Å². The number of alkyl halides is 3. The number of carboxylic acid groups (broad SMARTS) is 1. The van der Waals surface area contributed by atoms with Crippen molar-refractivity contribution in [2.45, 2.75) is 45.8 Å². The topological polar surface area (TPSA) is 86.9 Å². The zero-order valence-electron chi connectivity index (χ0n) is 15.8. The minimum absolute atomic E-state index is 0.164. The van der Waals surface area contributed by atoms with Gasteiger partial charge in [0.15, 0.2) is 5.76 Å². The van der Waals surface area contributed by atoms with Crippen molar-refractivity contribution in [2.75, 3.05) is 26.7 Å². The van der Waals surface area contributed by atoms with E-state index in [2.05, 4.69) is 17.0 Å². The maximum Gasteiger partial charge on any atom is 0.490 e. The molecule has 1 aliphatic heterocycles. The molecule has 154 valence electrons. The monoisotopic (exact) mass is 393 g/mol. The van der Waals surface area contributed by atoms with E-state index in [4.69, 9.17) is 14.4 Å². The van der Waals surface area contributed by atoms with Crippen LogP contribution in [0, 0.1) is 12.8 Å². The molecule has 2 rings (SSSR count). The third kappa shape index (κ3) is 8.89. The second kappa shape index (κ2) is 10.3. The molecule has 1 atom stereocenters. The zero-order valence-corrected chi connectivity index (χ0v) is 15.8. The molecule has 0 aromatic carbocycles. The van der Waals surface area contributed by atoms with Crippen molar-refractivity contribution in [1.82, 2.24) is 15.0 Å². The van der Waals surface area contributed by atoms with Gasteiger partial charge in [-0.1, -0.05) is 12.1 Å². The van der Waals surface area contributed by atoms with Crippen LogP contribution in [0.4, 0.5) is 13.2 Å². The number of nitrogens with zero attached hydrogens (tertiary/aromatic N) is 3. The van der Waals surface area contributed by atoms with E-state index in [-0.39, 0.29) is 5.91 Å². The smallest absolute Gasteiger partial charge is 0.475 e. The summed E-state index contributed by atoms with van der Waals surface area (Å²) < 4.78 is 36.9. The lowest BCUT2D eigenvalue weighted by molar-refractivity contribution is -0.192. The van der Waals surface area contributed by atoms with Crippen molar-refractivity contribution in [3.8, 4) is 0 Å². The average molecular weight is 393 g/mol. The number of carboxylic acids is 1. The Morgan fingerprint density at radius 1 is 1.44 bits per heavy atom. The summed E-state index contributed by atoms with van der Waals surface area (Å²) in [6.07, 6.45) is -1.94. The van der Waals surface area contributed by atoms with E-state index in [0.29, 0.717) is 13.0 Å². The van der Waals surface area contributed by atoms with Crippen molar-refractivity contribution in [3.63, 3.8) is 0 Å². The van der Waals surface area contributed by atoms with Crippen LogP contribution in [-0.4, -0.2) is 64.8 Å². The molecule has 0 spiro atoms. The van der Waals surface area contributed by atoms with Gasteiger partial charge in [0.05, 0.1) is 12.2 Å². The van der Waals surface area contributed by atoms with Gasteiger partial charge in [0, 0.05) is 32.6 Å². The first kappa shape index (κ1) is 22.9. The quantitative estimate of drug-likeness (QED) is 0.828. The van der Waals surface area contributed by atoms with Crippen LogP contribution in [0.2, 0.25) is 0 Å². The maximum absolute atomic E-state index is 12.1. The fourth-order valence-corrected chi connectivity index (χ4v) is 2.75. The molecule has 1 fully saturated rings. The second-order valence-corrected chi connectivity index (χ2v) is 6.79. The lowest BCUT2D eigenvalue weighted by Crippen LogP contribution is -2.37. The van der Waals surface area contributed by atoms with Gasteiger partial charge in [-0.05, 0) is 32.2 Å². The van der Waals surface area contributed by atoms with Gasteiger partial charge in [0.2, 0.25) is 5.91 Å². The highest BCUT2D eigenvalue weighted by Crippen LogP contribution is 2.16. The van der Waals surface area contributed by atoms with Gasteiger partial charge in [-0.2, -0.15) is 13.2 Å². The first-order valence-electron chi connectivity index (χ1n) is 8.67. The van der Waals surface area contributed by atoms with Gasteiger partial charge in [-0.25, -0.2) is 4.79 Å². The van der Waals surface area contributed by atoms with Crippen LogP contribution in [0.25, 0.3) is 0 Å². The summed E-state index contributed by atoms with van der Waals surface area (Å²) in [5.74, 6) is -1.09. The first-order chi connectivity index (χ1) is 12.5. The van der Waals surface area contributed by atoms with Crippen molar-refractivity contribution in [3.05, 3.63) is 17.5 Å². The first-order valence-corrected chi connectivity index (χ1v) is 8.67. The van der Waals surface area contributed by atoms with E-state index >= 15 is 0 Å². The van der Waals surface area contributed by atoms with Crippen LogP contribution in [0.3, 0.4) is 0 Å². The molecular formula is C17H26F3N3O4. The molecule has 1 aliphatic rings. The molecule has 1 aromatic rings. The summed E-state index contributed by atoms with van der Waals surface area (Å²) in [6, 6.07) is 1.87. The molecule has 1 unspecified atom stereocenters. The van der Waals surface area contributed by atoms with Crippen LogP contribution in [-0.2, 0) is 16.1 Å². The van der Waals surface area contributed by atoms with E-state index in [0.717, 1.165) is 37.0 Å². The number of amides is 1. The SMILES string of the molecule is Cc1cc(CN(C)C(=O)CCN2CCCC(C)C2)on1.O=C(O)C(F)(F)F. The second-order valence-electron chi connectivity index (χ2n) is 6.79. The number of aliphatic carboxylic acids is 1. The minimum Gasteiger partial charge on any atom is -0.475 e. The third-order valence-corrected chi connectivity index (χ3v) is 4.12. The zero-order chi connectivity index (χ0) is 20.6. The molecule has 2 heterocycles. The van der Waals surface area contributed by atoms with E-state index in [9.17, 15) is 18.0 Å². The molecule has 27 heavy (non-hydrogen) atoms. The van der Waals surface area contributed by atoms with Gasteiger partial charge in [-0.15, -0.1) is 0 Å². The third-order valence-electron chi connectivity index (χ3n) is 4.12. The maximum atomic E-state index is 12.1. The lowest BCUT2D eigenvalue weighted by atomic mass is 10.0. The standard InChI is InChI=1S/C15H25N3O2.C2HF3O2/c1-12-5-4-7-18(10-12)8-6-15(19)17(3)11-14-9-13(2)16-20-14;3-2(4,5)1(6)7/h9,12H,4-8,10-11H2,1-3H3;(H,6,7). The fraction of sp³-hybridized carbons (Fsp3) is 0.706. The predicted molar refractivity (Wildman–Crippen MR) is 90.9 cm³/mol. The summed E-state index contributed by atoms with van der Waals surface area (Å²) in [5, 5.41) is 11.0. The Kier molecular flexibility index (Phi) is 8.74. The number of halogens is 3. The highest BCUT2D eigenvalue weighted by molar-refractivity contribution is 5.76. The molecule has 1 aromatic heterocycles. The van der Waals surface area contributed by atoms with Crippen LogP contribution < -0.4 is 0 Å². The number of piperidine rings is 1. The number of aromatic nitrogens is 1. The Morgan fingerprint density at radius 2 is 2.07 bits per heavy atom. The number of likely N-dealkylation sites (tertiary alicyclic amines) is 1. The molecule has 0 aliphatic carbocycles. The van der Waals surface area contributed by atoms with Crippen molar-refractivity contribution in [1.29, 1.82) is 0 Å². The molecule has 0 radical (unpaired) electrons. The van der Waals surface area contributed by atoms with E-state index in [1.165, 1.54) is 12.8 Å². The largest absolute Gasteiger partial charge is 0.490 e. The average Bonchev–Trinajstić information content (AvgIpc) is 2.97. The number of hydrogen-bond donors (Lipinski definition) is 1. The highest BCUT2D eigenvalue weighted by Gasteiger charge is 2.38. The Bertz CT molecular complexity index is 619. The summed E-state index contributed by atoms with van der Waals surface area (Å²) in [7, 11) is 1.82. The lowest BCUT2D eigenvalue weighted by Gasteiger charge is -2.31. The molecule has 1 N–H and O–H groups in total. The van der Waals surface area contributed by atoms with Crippen LogP contribution in [0.15, 0.2) is 10.6 Å². The van der Waals surface area contributed by atoms with Gasteiger partial charge in [-0.3, -0.25) is 4.79 Å². The van der Waals surface area contributed by atoms with Crippen LogP contribution >= 0.6 is 0 Å². The summed E-state index contributed by atoms with van der Waals surface area (Å²) in [5.41, 5.74) is 0.850. The van der Waals surface area contributed by atoms with E-state index in [1.807, 2.05) is 20.0 Å². The number of carbonyl (C=O) groups excluding carboxylic acids is 1. The Hall–Kier alpha value is -2.10. The van der Waals surface area contributed by atoms with Crippen molar-refractivity contribution < 1.29 is 32.4 Å². The van der Waals surface area contributed by atoms with Gasteiger partial charge in [0.25, 0.3) is 0 Å². The van der Waals surface area contributed by atoms with Crippen molar-refractivity contribution in [2.24, 2.45) is 5.92 Å². The molecule has 1 amide bonds. The summed E-state index contributed by atoms with van der Waals surface area (Å²) >= 11 is 0. The van der Waals surface area contributed by atoms with Gasteiger partial charge >= 0.3 is 12.1 Å². The number of hydrogen-bond acceptors (Lipinski definition) is 5. The molecular weight excluding hydrogens is 367 g/mol. The summed E-state index contributed by atoms with van der Waals surface area (Å²) in [6.45, 7) is 7.78. The Balaban J connectivity index is 0.000000445. The van der Waals surface area contributed by atoms with E-state index in [1.54, 1.807) is 4.90 Å². The highest BCUT2D eigenvalue weighted by atomic mass is 19.4. The number of carbonyl (C=O) groups is 2. The predicted octanol–water partition coefficient (Wildman–Crippen LogP) is 2.70. The van der Waals surface area contributed by atoms with Crippen LogP contribution in [0.5, 0.6) is 0 Å². The Labute approximate surface area is 156 Å². The molecule has 7 nitrogen and oxygen atoms in total. The molecule has 0 saturated carbocycles. The fourth-order valence-electron chi connectivity index (χ4n) is 2.75. The normalized spacial score (nSPS) is 17.8. The minimum atomic E-state index is -5.08. The molecule has 10 heteroatoms. The summed E-state index contributed by atoms with van der Waals surface area (Å²) in [4.78, 5) is 25.1. The molecule has 0 bridgehead atoms. The van der Waals surface area contributed by atoms with E-state index < -0.39 is 12.1 Å². The number of aryl methyl sites for hydroxylation is 1. The van der Waals surface area contributed by atoms with Crippen LogP contribution in [0.1, 0.15) is 37.6 Å². The number of rotatable bonds is 5. The Morgan fingerprint density at radius 3 is 2.56 bits per heavy atom. The van der Waals surface area contributed by atoms with Gasteiger partial charge in [0.1, 0.15) is 0 Å². The molecule has 1 saturated heterocycles.